The van der Waals surface area contributed by atoms with Crippen molar-refractivity contribution in [1.29, 1.82) is 0 Å². The lowest BCUT2D eigenvalue weighted by Crippen LogP contribution is -2.39. The summed E-state index contributed by atoms with van der Waals surface area (Å²) in [6, 6.07) is 1.79. The first-order valence-electron chi connectivity index (χ1n) is 4.66. The van der Waals surface area contributed by atoms with Gasteiger partial charge < -0.3 is 5.32 Å². The molecule has 0 saturated carbocycles. The highest BCUT2D eigenvalue weighted by Crippen LogP contribution is 2.32. The van der Waals surface area contributed by atoms with E-state index in [1.54, 1.807) is 0 Å². The van der Waals surface area contributed by atoms with E-state index in [2.05, 4.69) is 12.2 Å². The lowest BCUT2D eigenvalue weighted by Gasteiger charge is -2.29. The van der Waals surface area contributed by atoms with Crippen molar-refractivity contribution >= 4 is 0 Å². The largest absolute Gasteiger partial charge is 0.311 e. The highest BCUT2D eigenvalue weighted by atomic mass is 15.0. The number of hydrogen-bond acceptors (Lipinski definition) is 1. The lowest BCUT2D eigenvalue weighted by molar-refractivity contribution is 0.283. The van der Waals surface area contributed by atoms with Gasteiger partial charge in [0.2, 0.25) is 0 Å². The first-order valence-corrected chi connectivity index (χ1v) is 4.66. The predicted octanol–water partition coefficient (Wildman–Crippen LogP) is 1.93. The minimum Gasteiger partial charge on any atom is -0.311 e. The van der Waals surface area contributed by atoms with Gasteiger partial charge in [-0.3, -0.25) is 0 Å². The van der Waals surface area contributed by atoms with E-state index in [9.17, 15) is 0 Å². The Kier molecular flexibility index (Phi) is 1.69. The number of piperidine rings is 1. The molecular weight excluding hydrogens is 122 g/mol. The molecule has 0 aromatic rings. The van der Waals surface area contributed by atoms with Crippen molar-refractivity contribution in [2.24, 2.45) is 5.92 Å². The van der Waals surface area contributed by atoms with Crippen molar-refractivity contribution in [2.45, 2.75) is 51.1 Å². The van der Waals surface area contributed by atoms with E-state index in [-0.39, 0.29) is 0 Å². The summed E-state index contributed by atoms with van der Waals surface area (Å²) in [5, 5.41) is 3.69. The summed E-state index contributed by atoms with van der Waals surface area (Å²) in [7, 11) is 0. The van der Waals surface area contributed by atoms with Gasteiger partial charge in [-0.05, 0) is 31.6 Å². The van der Waals surface area contributed by atoms with Gasteiger partial charge in [-0.1, -0.05) is 13.3 Å². The standard InChI is InChI=1S/C9H17N/c1-2-7-3-4-8-5-6-9(7)10-8/h7-10H,2-6H2,1H3/t7-,8-,9-/m1/s1. The molecule has 58 valence electrons. The highest BCUT2D eigenvalue weighted by Gasteiger charge is 2.33. The molecule has 0 radical (unpaired) electrons. The molecule has 1 N–H and O–H groups in total. The molecule has 2 heterocycles. The first kappa shape index (κ1) is 6.66. The second-order valence-electron chi connectivity index (χ2n) is 3.79. The van der Waals surface area contributed by atoms with Crippen LogP contribution < -0.4 is 5.32 Å². The molecule has 0 amide bonds. The summed E-state index contributed by atoms with van der Waals surface area (Å²) in [5.41, 5.74) is 0. The fourth-order valence-corrected chi connectivity index (χ4v) is 2.55. The summed E-state index contributed by atoms with van der Waals surface area (Å²) in [6.45, 7) is 2.32. The van der Waals surface area contributed by atoms with Crippen molar-refractivity contribution in [3.05, 3.63) is 0 Å². The summed E-state index contributed by atoms with van der Waals surface area (Å²) >= 11 is 0. The Labute approximate surface area is 63.2 Å². The van der Waals surface area contributed by atoms with Gasteiger partial charge in [-0.25, -0.2) is 0 Å². The van der Waals surface area contributed by atoms with E-state index in [1.807, 2.05) is 0 Å². The van der Waals surface area contributed by atoms with Gasteiger partial charge in [0.1, 0.15) is 0 Å². The molecule has 1 nitrogen and oxygen atoms in total. The molecule has 1 heteroatoms. The van der Waals surface area contributed by atoms with Gasteiger partial charge in [-0.2, -0.15) is 0 Å². The van der Waals surface area contributed by atoms with Crippen LogP contribution in [-0.4, -0.2) is 12.1 Å². The fraction of sp³-hybridized carbons (Fsp3) is 1.00. The average Bonchev–Trinajstić information content (AvgIpc) is 2.34. The van der Waals surface area contributed by atoms with Crippen molar-refractivity contribution in [3.63, 3.8) is 0 Å². The third kappa shape index (κ3) is 0.968. The van der Waals surface area contributed by atoms with Crippen LogP contribution in [0.5, 0.6) is 0 Å². The molecule has 2 rings (SSSR count). The Morgan fingerprint density at radius 2 is 2.00 bits per heavy atom. The zero-order valence-corrected chi connectivity index (χ0v) is 6.77. The monoisotopic (exact) mass is 139 g/mol. The third-order valence-corrected chi connectivity index (χ3v) is 3.26. The Morgan fingerprint density at radius 3 is 2.80 bits per heavy atom. The summed E-state index contributed by atoms with van der Waals surface area (Å²) in [5.74, 6) is 0.999. The van der Waals surface area contributed by atoms with E-state index in [0.29, 0.717) is 0 Å². The molecule has 2 aliphatic rings. The zero-order valence-electron chi connectivity index (χ0n) is 6.77. The average molecular weight is 139 g/mol. The van der Waals surface area contributed by atoms with Crippen molar-refractivity contribution < 1.29 is 0 Å². The summed E-state index contributed by atoms with van der Waals surface area (Å²) < 4.78 is 0. The smallest absolute Gasteiger partial charge is 0.00984 e. The van der Waals surface area contributed by atoms with E-state index >= 15 is 0 Å². The Morgan fingerprint density at radius 1 is 1.20 bits per heavy atom. The molecular formula is C9H17N. The second kappa shape index (κ2) is 2.54. The normalized spacial score (nSPS) is 45.9. The maximum absolute atomic E-state index is 3.69. The first-order chi connectivity index (χ1) is 4.90. The number of fused-ring (bicyclic) bond motifs is 2. The molecule has 0 aliphatic carbocycles. The highest BCUT2D eigenvalue weighted by molar-refractivity contribution is 4.92. The van der Waals surface area contributed by atoms with Crippen LogP contribution >= 0.6 is 0 Å². The van der Waals surface area contributed by atoms with Crippen molar-refractivity contribution in [1.82, 2.24) is 5.32 Å². The van der Waals surface area contributed by atoms with E-state index < -0.39 is 0 Å². The molecule has 3 atom stereocenters. The van der Waals surface area contributed by atoms with E-state index in [0.717, 1.165) is 18.0 Å². The van der Waals surface area contributed by atoms with E-state index in [4.69, 9.17) is 0 Å². The van der Waals surface area contributed by atoms with Gasteiger partial charge >= 0.3 is 0 Å². The van der Waals surface area contributed by atoms with Gasteiger partial charge in [0.05, 0.1) is 0 Å². The molecule has 2 bridgehead atoms. The lowest BCUT2D eigenvalue weighted by atomic mass is 9.90. The van der Waals surface area contributed by atoms with Gasteiger partial charge in [-0.15, -0.1) is 0 Å². The second-order valence-corrected chi connectivity index (χ2v) is 3.79. The van der Waals surface area contributed by atoms with Gasteiger partial charge in [0, 0.05) is 12.1 Å². The van der Waals surface area contributed by atoms with Crippen molar-refractivity contribution in [3.8, 4) is 0 Å². The van der Waals surface area contributed by atoms with Gasteiger partial charge in [0.15, 0.2) is 0 Å². The molecule has 0 spiro atoms. The molecule has 2 aliphatic heterocycles. The topological polar surface area (TPSA) is 12.0 Å². The molecule has 10 heavy (non-hydrogen) atoms. The summed E-state index contributed by atoms with van der Waals surface area (Å²) in [6.07, 6.45) is 7.20. The molecule has 0 aromatic carbocycles. The minimum atomic E-state index is 0.892. The minimum absolute atomic E-state index is 0.892. The predicted molar refractivity (Wildman–Crippen MR) is 43.0 cm³/mol. The molecule has 0 aromatic heterocycles. The SMILES string of the molecule is CC[C@@H]1CC[C@@H]2CC[C@H]1N2. The number of nitrogens with one attached hydrogen (secondary N) is 1. The van der Waals surface area contributed by atoms with Crippen LogP contribution in [-0.2, 0) is 0 Å². The van der Waals surface area contributed by atoms with Crippen LogP contribution in [0.15, 0.2) is 0 Å². The third-order valence-electron chi connectivity index (χ3n) is 3.26. The maximum atomic E-state index is 3.69. The summed E-state index contributed by atoms with van der Waals surface area (Å²) in [4.78, 5) is 0. The van der Waals surface area contributed by atoms with Crippen LogP contribution in [0.25, 0.3) is 0 Å². The van der Waals surface area contributed by atoms with Gasteiger partial charge in [0.25, 0.3) is 0 Å². The molecule has 2 saturated heterocycles. The Hall–Kier alpha value is -0.0400. The molecule has 0 unspecified atom stereocenters. The zero-order chi connectivity index (χ0) is 6.97. The van der Waals surface area contributed by atoms with Crippen LogP contribution in [0.2, 0.25) is 0 Å². The van der Waals surface area contributed by atoms with Crippen LogP contribution in [0, 0.1) is 5.92 Å². The maximum Gasteiger partial charge on any atom is 0.00984 e. The van der Waals surface area contributed by atoms with Crippen molar-refractivity contribution in [2.75, 3.05) is 0 Å². The Balaban J connectivity index is 2.00. The van der Waals surface area contributed by atoms with Crippen LogP contribution in [0.3, 0.4) is 0 Å². The molecule has 2 fully saturated rings. The van der Waals surface area contributed by atoms with Crippen LogP contribution in [0.4, 0.5) is 0 Å². The quantitative estimate of drug-likeness (QED) is 0.585. The number of hydrogen-bond donors (Lipinski definition) is 1. The van der Waals surface area contributed by atoms with E-state index in [1.165, 1.54) is 32.1 Å². The number of rotatable bonds is 1. The Bertz CT molecular complexity index is 122. The van der Waals surface area contributed by atoms with Crippen LogP contribution in [0.1, 0.15) is 39.0 Å². The fourth-order valence-electron chi connectivity index (χ4n) is 2.55.